The van der Waals surface area contributed by atoms with E-state index in [4.69, 9.17) is 0 Å². The molecule has 0 spiro atoms. The van der Waals surface area contributed by atoms with Crippen molar-refractivity contribution in [2.75, 3.05) is 35.4 Å². The van der Waals surface area contributed by atoms with Gasteiger partial charge in [0.05, 0.1) is 34.1 Å². The highest BCUT2D eigenvalue weighted by molar-refractivity contribution is 8.06. The fraction of sp³-hybridized carbons (Fsp3) is 0.231. The first-order chi connectivity index (χ1) is 17.2. The quantitative estimate of drug-likeness (QED) is 0.518. The van der Waals surface area contributed by atoms with Gasteiger partial charge in [-0.25, -0.2) is 9.19 Å². The second-order valence-corrected chi connectivity index (χ2v) is 10.6. The third-order valence-electron chi connectivity index (χ3n) is 6.02. The Morgan fingerprint density at radius 3 is 2.49 bits per heavy atom. The van der Waals surface area contributed by atoms with E-state index in [0.717, 1.165) is 46.4 Å². The lowest BCUT2D eigenvalue weighted by Gasteiger charge is -2.36. The van der Waals surface area contributed by atoms with Crippen molar-refractivity contribution in [3.05, 3.63) is 95.3 Å². The number of amides is 1. The Labute approximate surface area is 212 Å². The predicted octanol–water partition coefficient (Wildman–Crippen LogP) is 4.32. The van der Waals surface area contributed by atoms with Crippen LogP contribution in [0.1, 0.15) is 12.1 Å². The van der Waals surface area contributed by atoms with Crippen LogP contribution in [-0.2, 0) is 22.3 Å². The van der Waals surface area contributed by atoms with E-state index in [0.29, 0.717) is 19.6 Å². The second kappa shape index (κ2) is 11.0. The predicted molar refractivity (Wildman–Crippen MR) is 142 cm³/mol. The van der Waals surface area contributed by atoms with Crippen molar-refractivity contribution in [3.8, 4) is 0 Å². The summed E-state index contributed by atoms with van der Waals surface area (Å²) in [7, 11) is -1.37. The number of aromatic nitrogens is 2. The molecule has 2 aliphatic rings. The van der Waals surface area contributed by atoms with Crippen molar-refractivity contribution in [2.24, 2.45) is 0 Å². The van der Waals surface area contributed by atoms with Gasteiger partial charge in [0.25, 0.3) is 5.91 Å². The van der Waals surface area contributed by atoms with Crippen LogP contribution in [0.25, 0.3) is 0 Å². The molecule has 2 aliphatic heterocycles. The molecule has 1 N–H and O–H groups in total. The molecule has 0 radical (unpaired) electrons. The number of H-pyrrole nitrogens is 1. The number of anilines is 2. The highest BCUT2D eigenvalue weighted by atomic mass is 32.2. The second-order valence-electron chi connectivity index (χ2n) is 8.27. The lowest BCUT2D eigenvalue weighted by molar-refractivity contribution is -0.126. The minimum atomic E-state index is -1.37. The van der Waals surface area contributed by atoms with Gasteiger partial charge in [-0.05, 0) is 48.2 Å². The molecule has 2 aromatic carbocycles. The average Bonchev–Trinajstić information content (AvgIpc) is 3.46. The molecular weight excluding hydrogens is 478 g/mol. The SMILES string of the molecule is O=C(C1=CCC=CS1)N1CCN(c2ccc(N(Cc3cnc[nH]3)S(=O)c3ccccc3)cc2)CC1. The zero-order chi connectivity index (χ0) is 24.0. The molecule has 0 aliphatic carbocycles. The first kappa shape index (κ1) is 23.4. The third-order valence-corrected chi connectivity index (χ3v) is 8.36. The molecule has 3 aromatic rings. The molecule has 9 heteroatoms. The van der Waals surface area contributed by atoms with E-state index in [9.17, 15) is 9.00 Å². The van der Waals surface area contributed by atoms with Gasteiger partial charge in [-0.3, -0.25) is 9.10 Å². The number of nitrogens with one attached hydrogen (secondary N) is 1. The Bertz CT molecular complexity index is 1220. The summed E-state index contributed by atoms with van der Waals surface area (Å²) in [6.07, 6.45) is 8.28. The van der Waals surface area contributed by atoms with E-state index < -0.39 is 11.0 Å². The van der Waals surface area contributed by atoms with Gasteiger partial charge in [0, 0.05) is 38.1 Å². The zero-order valence-electron chi connectivity index (χ0n) is 19.2. The summed E-state index contributed by atoms with van der Waals surface area (Å²) in [5.41, 5.74) is 2.86. The minimum Gasteiger partial charge on any atom is -0.368 e. The van der Waals surface area contributed by atoms with E-state index >= 15 is 0 Å². The van der Waals surface area contributed by atoms with Crippen LogP contribution < -0.4 is 9.21 Å². The van der Waals surface area contributed by atoms with Gasteiger partial charge in [-0.1, -0.05) is 42.1 Å². The van der Waals surface area contributed by atoms with E-state index in [-0.39, 0.29) is 5.91 Å². The zero-order valence-corrected chi connectivity index (χ0v) is 20.9. The molecule has 0 saturated carbocycles. The fourth-order valence-electron chi connectivity index (χ4n) is 4.13. The number of nitrogens with zero attached hydrogens (tertiary/aromatic N) is 4. The number of piperazine rings is 1. The van der Waals surface area contributed by atoms with Crippen LogP contribution in [-0.4, -0.2) is 51.2 Å². The Balaban J connectivity index is 1.27. The summed E-state index contributed by atoms with van der Waals surface area (Å²) in [6, 6.07) is 17.6. The summed E-state index contributed by atoms with van der Waals surface area (Å²) < 4.78 is 15.3. The van der Waals surface area contributed by atoms with E-state index in [2.05, 4.69) is 33.1 Å². The number of allylic oxidation sites excluding steroid dienone is 2. The van der Waals surface area contributed by atoms with E-state index in [1.807, 2.05) is 63.2 Å². The van der Waals surface area contributed by atoms with Crippen LogP contribution >= 0.6 is 11.8 Å². The Morgan fingerprint density at radius 1 is 1.06 bits per heavy atom. The van der Waals surface area contributed by atoms with Crippen LogP contribution in [0.5, 0.6) is 0 Å². The normalized spacial score (nSPS) is 16.6. The first-order valence-corrected chi connectivity index (χ1v) is 13.6. The van der Waals surface area contributed by atoms with Gasteiger partial charge in [-0.2, -0.15) is 0 Å². The Hall–Kier alpha value is -3.30. The van der Waals surface area contributed by atoms with Crippen molar-refractivity contribution in [1.29, 1.82) is 0 Å². The number of rotatable bonds is 7. The molecule has 1 saturated heterocycles. The van der Waals surface area contributed by atoms with E-state index in [1.54, 1.807) is 12.5 Å². The molecule has 1 amide bonds. The Kier molecular flexibility index (Phi) is 7.34. The Morgan fingerprint density at radius 2 is 1.83 bits per heavy atom. The maximum Gasteiger partial charge on any atom is 0.260 e. The lowest BCUT2D eigenvalue weighted by Crippen LogP contribution is -2.49. The highest BCUT2D eigenvalue weighted by Gasteiger charge is 2.24. The summed E-state index contributed by atoms with van der Waals surface area (Å²) in [5, 5.41) is 1.99. The largest absolute Gasteiger partial charge is 0.368 e. The number of aromatic amines is 1. The fourth-order valence-corrected chi connectivity index (χ4v) is 6.12. The molecule has 1 atom stereocenters. The van der Waals surface area contributed by atoms with Crippen LogP contribution in [0.3, 0.4) is 0 Å². The van der Waals surface area contributed by atoms with Gasteiger partial charge < -0.3 is 14.8 Å². The number of hydrogen-bond acceptors (Lipinski definition) is 5. The number of benzene rings is 2. The van der Waals surface area contributed by atoms with Crippen LogP contribution in [0.4, 0.5) is 11.4 Å². The first-order valence-electron chi connectivity index (χ1n) is 11.6. The molecule has 1 aromatic heterocycles. The average molecular weight is 506 g/mol. The molecule has 5 rings (SSSR count). The number of carbonyl (C=O) groups is 1. The van der Waals surface area contributed by atoms with Crippen molar-refractivity contribution < 1.29 is 9.00 Å². The van der Waals surface area contributed by atoms with Crippen molar-refractivity contribution >= 4 is 40.0 Å². The monoisotopic (exact) mass is 505 g/mol. The van der Waals surface area contributed by atoms with Crippen molar-refractivity contribution in [1.82, 2.24) is 14.9 Å². The number of thioether (sulfide) groups is 1. The molecule has 180 valence electrons. The summed E-state index contributed by atoms with van der Waals surface area (Å²) in [4.78, 5) is 25.8. The molecule has 35 heavy (non-hydrogen) atoms. The number of hydrogen-bond donors (Lipinski definition) is 1. The van der Waals surface area contributed by atoms with Crippen molar-refractivity contribution in [3.63, 3.8) is 0 Å². The minimum absolute atomic E-state index is 0.132. The topological polar surface area (TPSA) is 72.5 Å². The highest BCUT2D eigenvalue weighted by Crippen LogP contribution is 2.28. The third kappa shape index (κ3) is 5.52. The molecule has 7 nitrogen and oxygen atoms in total. The maximum absolute atomic E-state index is 13.4. The molecule has 0 bridgehead atoms. The number of carbonyl (C=O) groups excluding carboxylic acids is 1. The van der Waals surface area contributed by atoms with Crippen LogP contribution in [0.15, 0.2) is 94.5 Å². The number of imidazole rings is 1. The van der Waals surface area contributed by atoms with Gasteiger partial charge in [0.1, 0.15) is 0 Å². The summed E-state index contributed by atoms with van der Waals surface area (Å²) in [5.74, 6) is 0.132. The molecule has 1 fully saturated rings. The van der Waals surface area contributed by atoms with Crippen LogP contribution in [0.2, 0.25) is 0 Å². The van der Waals surface area contributed by atoms with E-state index in [1.165, 1.54) is 11.8 Å². The van der Waals surface area contributed by atoms with Crippen molar-refractivity contribution in [2.45, 2.75) is 17.9 Å². The molecular formula is C26H27N5O2S2. The van der Waals surface area contributed by atoms with Gasteiger partial charge in [-0.15, -0.1) is 0 Å². The van der Waals surface area contributed by atoms with Gasteiger partial charge in [0.15, 0.2) is 11.0 Å². The molecule has 3 heterocycles. The maximum atomic E-state index is 13.4. The van der Waals surface area contributed by atoms with Gasteiger partial charge >= 0.3 is 0 Å². The lowest BCUT2D eigenvalue weighted by atomic mass is 10.2. The van der Waals surface area contributed by atoms with Crippen LogP contribution in [0, 0.1) is 0 Å². The molecule has 1 unspecified atom stereocenters. The smallest absolute Gasteiger partial charge is 0.260 e. The standard InChI is InChI=1S/C26H27N5O2S2/c32-26(25-8-4-5-17-34-25)30-15-13-29(14-16-30)22-9-11-23(12-10-22)31(19-21-18-27-20-28-21)35(33)24-6-2-1-3-7-24/h1-3,5-12,17-18,20H,4,13-16,19H2,(H,27,28). The van der Waals surface area contributed by atoms with Gasteiger partial charge in [0.2, 0.25) is 0 Å². The summed E-state index contributed by atoms with van der Waals surface area (Å²) >= 11 is 1.51. The summed E-state index contributed by atoms with van der Waals surface area (Å²) in [6.45, 7) is 3.42.